The van der Waals surface area contributed by atoms with Crippen LogP contribution in [0.3, 0.4) is 0 Å². The summed E-state index contributed by atoms with van der Waals surface area (Å²) in [6, 6.07) is 18.6. The molecular weight excluding hydrogens is 500 g/mol. The van der Waals surface area contributed by atoms with Crippen molar-refractivity contribution in [2.45, 2.75) is 20.4 Å². The first-order valence-electron chi connectivity index (χ1n) is 12.4. The Hall–Kier alpha value is -4.28. The molecule has 0 spiro atoms. The number of nitrogens with one attached hydrogen (secondary N) is 3. The first-order valence-corrected chi connectivity index (χ1v) is 13.2. The molecule has 0 saturated heterocycles. The molecule has 38 heavy (non-hydrogen) atoms. The number of carbonyl (C=O) groups excluding carboxylic acids is 2. The first-order chi connectivity index (χ1) is 18.5. The molecular formula is C28H28N6O3S. The van der Waals surface area contributed by atoms with Gasteiger partial charge in [0.15, 0.2) is 17.4 Å². The minimum atomic E-state index is -0.246. The van der Waals surface area contributed by atoms with Crippen LogP contribution in [-0.2, 0) is 6.54 Å². The SMILES string of the molecule is CCNCCn1c(NC(=O)c2ccc(-c3cnc(C)o3)s2)nc2cc(NCC(=O)c3ccccc3)ccc21. The van der Waals surface area contributed by atoms with Crippen LogP contribution >= 0.6 is 11.3 Å². The Morgan fingerprint density at radius 1 is 1.08 bits per heavy atom. The van der Waals surface area contributed by atoms with Crippen molar-refractivity contribution in [1.29, 1.82) is 0 Å². The fourth-order valence-corrected chi connectivity index (χ4v) is 4.92. The quantitative estimate of drug-likeness (QED) is 0.159. The van der Waals surface area contributed by atoms with Crippen molar-refractivity contribution in [1.82, 2.24) is 19.9 Å². The van der Waals surface area contributed by atoms with E-state index in [4.69, 9.17) is 9.40 Å². The third-order valence-electron chi connectivity index (χ3n) is 5.98. The van der Waals surface area contributed by atoms with Gasteiger partial charge in [-0.05, 0) is 36.9 Å². The molecule has 3 heterocycles. The van der Waals surface area contributed by atoms with Crippen LogP contribution in [-0.4, -0.2) is 45.9 Å². The van der Waals surface area contributed by atoms with E-state index in [0.717, 1.165) is 34.7 Å². The molecule has 0 unspecified atom stereocenters. The zero-order valence-corrected chi connectivity index (χ0v) is 22.0. The van der Waals surface area contributed by atoms with Gasteiger partial charge in [0.05, 0.1) is 33.5 Å². The number of nitrogens with zero attached hydrogens (tertiary/aromatic N) is 3. The van der Waals surface area contributed by atoms with Crippen molar-refractivity contribution >= 4 is 45.7 Å². The molecule has 3 N–H and O–H groups in total. The first kappa shape index (κ1) is 25.4. The average molecular weight is 529 g/mol. The molecule has 0 aliphatic heterocycles. The number of benzene rings is 2. The standard InChI is InChI=1S/C28H28N6O3S/c1-3-29-13-14-34-22-10-9-20(31-16-23(35)19-7-5-4-6-8-19)15-21(22)32-28(34)33-27(36)26-12-11-25(38-26)24-17-30-18(2)37-24/h4-12,15,17,29,31H,3,13-14,16H2,1-2H3,(H,32,33,36). The Morgan fingerprint density at radius 2 is 1.92 bits per heavy atom. The van der Waals surface area contributed by atoms with E-state index >= 15 is 0 Å². The summed E-state index contributed by atoms with van der Waals surface area (Å²) < 4.78 is 7.57. The Balaban J connectivity index is 1.35. The van der Waals surface area contributed by atoms with Crippen LogP contribution in [0, 0.1) is 6.92 Å². The number of hydrogen-bond donors (Lipinski definition) is 3. The number of likely N-dealkylation sites (N-methyl/N-ethyl adjacent to an activating group) is 1. The van der Waals surface area contributed by atoms with E-state index in [9.17, 15) is 9.59 Å². The number of aryl methyl sites for hydroxylation is 1. The van der Waals surface area contributed by atoms with Gasteiger partial charge < -0.3 is 19.6 Å². The van der Waals surface area contributed by atoms with Crippen molar-refractivity contribution in [3.05, 3.63) is 83.2 Å². The number of imidazole rings is 1. The summed E-state index contributed by atoms with van der Waals surface area (Å²) in [5.41, 5.74) is 3.05. The normalized spacial score (nSPS) is 11.1. The topological polar surface area (TPSA) is 114 Å². The molecule has 0 atom stereocenters. The van der Waals surface area contributed by atoms with Crippen molar-refractivity contribution in [2.24, 2.45) is 0 Å². The molecule has 194 valence electrons. The molecule has 10 heteroatoms. The van der Waals surface area contributed by atoms with Gasteiger partial charge in [-0.3, -0.25) is 14.9 Å². The molecule has 2 aromatic carbocycles. The van der Waals surface area contributed by atoms with Gasteiger partial charge in [0, 0.05) is 31.3 Å². The number of rotatable bonds is 11. The Morgan fingerprint density at radius 3 is 2.68 bits per heavy atom. The maximum absolute atomic E-state index is 13.1. The highest BCUT2D eigenvalue weighted by atomic mass is 32.1. The Kier molecular flexibility index (Phi) is 7.62. The number of thiophene rings is 1. The van der Waals surface area contributed by atoms with Crippen molar-refractivity contribution in [3.8, 4) is 10.6 Å². The smallest absolute Gasteiger partial charge is 0.268 e. The number of aromatic nitrogens is 3. The zero-order valence-electron chi connectivity index (χ0n) is 21.2. The summed E-state index contributed by atoms with van der Waals surface area (Å²) in [5.74, 6) is 1.43. The molecule has 0 saturated carbocycles. The van der Waals surface area contributed by atoms with E-state index in [1.54, 1.807) is 31.3 Å². The van der Waals surface area contributed by atoms with Crippen LogP contribution in [0.25, 0.3) is 21.7 Å². The maximum atomic E-state index is 13.1. The van der Waals surface area contributed by atoms with Crippen LogP contribution in [0.5, 0.6) is 0 Å². The second kappa shape index (κ2) is 11.4. The van der Waals surface area contributed by atoms with Crippen LogP contribution < -0.4 is 16.0 Å². The van der Waals surface area contributed by atoms with Crippen LogP contribution in [0.1, 0.15) is 32.8 Å². The molecule has 0 radical (unpaired) electrons. The molecule has 0 bridgehead atoms. The lowest BCUT2D eigenvalue weighted by atomic mass is 10.1. The average Bonchev–Trinajstić information content (AvgIpc) is 3.67. The number of hydrogen-bond acceptors (Lipinski definition) is 8. The van der Waals surface area contributed by atoms with Gasteiger partial charge in [0.25, 0.3) is 5.91 Å². The van der Waals surface area contributed by atoms with Crippen molar-refractivity contribution < 1.29 is 14.0 Å². The van der Waals surface area contributed by atoms with Crippen LogP contribution in [0.15, 0.2) is 71.3 Å². The maximum Gasteiger partial charge on any atom is 0.268 e. The summed E-state index contributed by atoms with van der Waals surface area (Å²) in [7, 11) is 0. The highest BCUT2D eigenvalue weighted by molar-refractivity contribution is 7.17. The van der Waals surface area contributed by atoms with Gasteiger partial charge in [-0.25, -0.2) is 9.97 Å². The molecule has 9 nitrogen and oxygen atoms in total. The van der Waals surface area contributed by atoms with Gasteiger partial charge in [0.1, 0.15) is 0 Å². The number of Topliss-reactive ketones (excluding diaryl/α,β-unsaturated/α-hetero) is 1. The number of anilines is 2. The molecule has 5 aromatic rings. The van der Waals surface area contributed by atoms with Crippen LogP contribution in [0.4, 0.5) is 11.6 Å². The highest BCUT2D eigenvalue weighted by Crippen LogP contribution is 2.30. The van der Waals surface area contributed by atoms with Gasteiger partial charge in [-0.1, -0.05) is 37.3 Å². The third kappa shape index (κ3) is 5.66. The summed E-state index contributed by atoms with van der Waals surface area (Å²) in [4.78, 5) is 35.9. The summed E-state index contributed by atoms with van der Waals surface area (Å²) >= 11 is 1.33. The second-order valence-corrected chi connectivity index (χ2v) is 9.73. The van der Waals surface area contributed by atoms with Gasteiger partial charge in [-0.2, -0.15) is 0 Å². The summed E-state index contributed by atoms with van der Waals surface area (Å²) in [6.45, 7) is 6.21. The monoisotopic (exact) mass is 528 g/mol. The van der Waals surface area contributed by atoms with E-state index < -0.39 is 0 Å². The third-order valence-corrected chi connectivity index (χ3v) is 7.08. The molecule has 5 rings (SSSR count). The number of ketones is 1. The van der Waals surface area contributed by atoms with Crippen LogP contribution in [0.2, 0.25) is 0 Å². The zero-order chi connectivity index (χ0) is 26.5. The highest BCUT2D eigenvalue weighted by Gasteiger charge is 2.18. The Bertz CT molecular complexity index is 1570. The number of oxazole rings is 1. The van der Waals surface area contributed by atoms with E-state index in [1.165, 1.54) is 11.3 Å². The number of fused-ring (bicyclic) bond motifs is 1. The molecule has 0 fully saturated rings. The molecule has 0 aliphatic rings. The molecule has 3 aromatic heterocycles. The molecule has 0 aliphatic carbocycles. The fraction of sp³-hybridized carbons (Fsp3) is 0.214. The van der Waals surface area contributed by atoms with Gasteiger partial charge in [-0.15, -0.1) is 11.3 Å². The molecule has 1 amide bonds. The van der Waals surface area contributed by atoms with Crippen molar-refractivity contribution in [3.63, 3.8) is 0 Å². The van der Waals surface area contributed by atoms with Crippen molar-refractivity contribution in [2.75, 3.05) is 30.3 Å². The Labute approximate surface area is 223 Å². The lowest BCUT2D eigenvalue weighted by Gasteiger charge is -2.10. The lowest BCUT2D eigenvalue weighted by Crippen LogP contribution is -2.21. The van der Waals surface area contributed by atoms with E-state index in [1.807, 2.05) is 54.0 Å². The van der Waals surface area contributed by atoms with E-state index in [0.29, 0.717) is 34.6 Å². The van der Waals surface area contributed by atoms with E-state index in [2.05, 4.69) is 20.9 Å². The van der Waals surface area contributed by atoms with Gasteiger partial charge in [0.2, 0.25) is 5.95 Å². The predicted octanol–water partition coefficient (Wildman–Crippen LogP) is 5.22. The minimum Gasteiger partial charge on any atom is -0.440 e. The fourth-order valence-electron chi connectivity index (χ4n) is 4.07. The lowest BCUT2D eigenvalue weighted by molar-refractivity contribution is 0.100. The predicted molar refractivity (Wildman–Crippen MR) is 150 cm³/mol. The number of amides is 1. The largest absolute Gasteiger partial charge is 0.440 e. The minimum absolute atomic E-state index is 0.00521. The van der Waals surface area contributed by atoms with E-state index in [-0.39, 0.29) is 18.2 Å². The van der Waals surface area contributed by atoms with Gasteiger partial charge >= 0.3 is 0 Å². The summed E-state index contributed by atoms with van der Waals surface area (Å²) in [6.07, 6.45) is 1.65. The second-order valence-electron chi connectivity index (χ2n) is 8.65. The number of carbonyl (C=O) groups is 2. The summed E-state index contributed by atoms with van der Waals surface area (Å²) in [5, 5.41) is 9.49.